The topological polar surface area (TPSA) is 25.8 Å². The summed E-state index contributed by atoms with van der Waals surface area (Å²) < 4.78 is 14.4. The van der Waals surface area contributed by atoms with Crippen LogP contribution in [0, 0.1) is 12.7 Å². The van der Waals surface area contributed by atoms with Crippen molar-refractivity contribution in [1.29, 1.82) is 0 Å². The minimum Gasteiger partial charge on any atom is -0.226 e. The average molecular weight is 302 g/mol. The van der Waals surface area contributed by atoms with Gasteiger partial charge in [-0.15, -0.1) is 0 Å². The molecule has 5 heteroatoms. The van der Waals surface area contributed by atoms with E-state index in [1.165, 1.54) is 6.07 Å². The maximum absolute atomic E-state index is 13.6. The van der Waals surface area contributed by atoms with Crippen molar-refractivity contribution < 1.29 is 4.39 Å². The lowest BCUT2D eigenvalue weighted by atomic mass is 10.1. The Hall–Kier alpha value is -1.00. The second-order valence-electron chi connectivity index (χ2n) is 3.29. The molecule has 0 unspecified atom stereocenters. The Balaban J connectivity index is 2.66. The molecule has 0 spiro atoms. The van der Waals surface area contributed by atoms with Crippen LogP contribution in [-0.2, 0) is 0 Å². The lowest BCUT2D eigenvalue weighted by Gasteiger charge is -2.06. The Kier molecular flexibility index (Phi) is 3.21. The number of halogens is 3. The number of benzene rings is 1. The molecular formula is C11H7BrClFN2. The van der Waals surface area contributed by atoms with Crippen molar-refractivity contribution in [2.75, 3.05) is 0 Å². The van der Waals surface area contributed by atoms with Gasteiger partial charge in [0, 0.05) is 16.2 Å². The molecule has 1 aromatic heterocycles. The fourth-order valence-electron chi connectivity index (χ4n) is 1.37. The highest BCUT2D eigenvalue weighted by atomic mass is 79.9. The number of aryl methyl sites for hydroxylation is 1. The summed E-state index contributed by atoms with van der Waals surface area (Å²) >= 11 is 9.00. The molecule has 2 nitrogen and oxygen atoms in total. The Morgan fingerprint density at radius 2 is 2.12 bits per heavy atom. The van der Waals surface area contributed by atoms with Gasteiger partial charge in [-0.3, -0.25) is 0 Å². The molecular weight excluding hydrogens is 294 g/mol. The molecule has 2 aromatic rings. The second kappa shape index (κ2) is 4.47. The standard InChI is InChI=1S/C11H7BrClFN2/c1-6-5-15-11(13)16-10(6)8-4-7(12)2-3-9(8)14/h2-5H,1H3. The highest BCUT2D eigenvalue weighted by molar-refractivity contribution is 9.10. The molecule has 0 bridgehead atoms. The summed E-state index contributed by atoms with van der Waals surface area (Å²) in [5.74, 6) is -0.332. The summed E-state index contributed by atoms with van der Waals surface area (Å²) in [6.07, 6.45) is 1.57. The van der Waals surface area contributed by atoms with E-state index in [1.54, 1.807) is 18.3 Å². The smallest absolute Gasteiger partial charge is 0.222 e. The number of nitrogens with zero attached hydrogens (tertiary/aromatic N) is 2. The maximum atomic E-state index is 13.6. The van der Waals surface area contributed by atoms with Gasteiger partial charge in [0.2, 0.25) is 5.28 Å². The van der Waals surface area contributed by atoms with Crippen LogP contribution >= 0.6 is 27.5 Å². The van der Waals surface area contributed by atoms with Crippen LogP contribution in [0.1, 0.15) is 5.56 Å². The van der Waals surface area contributed by atoms with Gasteiger partial charge in [0.05, 0.1) is 5.69 Å². The zero-order valence-corrected chi connectivity index (χ0v) is 10.7. The van der Waals surface area contributed by atoms with Crippen LogP contribution < -0.4 is 0 Å². The van der Waals surface area contributed by atoms with Crippen molar-refractivity contribution in [3.8, 4) is 11.3 Å². The van der Waals surface area contributed by atoms with Gasteiger partial charge in [0.1, 0.15) is 5.82 Å². The van der Waals surface area contributed by atoms with E-state index in [9.17, 15) is 4.39 Å². The molecule has 1 heterocycles. The molecule has 0 saturated heterocycles. The van der Waals surface area contributed by atoms with Crippen LogP contribution in [0.4, 0.5) is 4.39 Å². The third-order valence-electron chi connectivity index (χ3n) is 2.13. The molecule has 2 rings (SSSR count). The Morgan fingerprint density at radius 1 is 1.38 bits per heavy atom. The van der Waals surface area contributed by atoms with Crippen LogP contribution in [0.5, 0.6) is 0 Å². The predicted molar refractivity (Wildman–Crippen MR) is 64.9 cm³/mol. The number of rotatable bonds is 1. The quantitative estimate of drug-likeness (QED) is 0.744. The van der Waals surface area contributed by atoms with Crippen LogP contribution in [0.3, 0.4) is 0 Å². The number of hydrogen-bond acceptors (Lipinski definition) is 2. The third-order valence-corrected chi connectivity index (χ3v) is 2.80. The normalized spacial score (nSPS) is 10.5. The van der Waals surface area contributed by atoms with Gasteiger partial charge < -0.3 is 0 Å². The van der Waals surface area contributed by atoms with Gasteiger partial charge >= 0.3 is 0 Å². The van der Waals surface area contributed by atoms with E-state index in [2.05, 4.69) is 25.9 Å². The van der Waals surface area contributed by atoms with Crippen molar-refractivity contribution in [3.63, 3.8) is 0 Å². The van der Waals surface area contributed by atoms with Crippen molar-refractivity contribution in [2.24, 2.45) is 0 Å². The molecule has 0 atom stereocenters. The fourth-order valence-corrected chi connectivity index (χ4v) is 1.87. The van der Waals surface area contributed by atoms with Gasteiger partial charge in [-0.25, -0.2) is 14.4 Å². The van der Waals surface area contributed by atoms with Crippen LogP contribution in [-0.4, -0.2) is 9.97 Å². The molecule has 0 aliphatic heterocycles. The Morgan fingerprint density at radius 3 is 2.88 bits per heavy atom. The monoisotopic (exact) mass is 300 g/mol. The molecule has 0 saturated carbocycles. The first-order valence-electron chi connectivity index (χ1n) is 4.52. The fraction of sp³-hybridized carbons (Fsp3) is 0.0909. The lowest BCUT2D eigenvalue weighted by molar-refractivity contribution is 0.630. The highest BCUT2D eigenvalue weighted by Crippen LogP contribution is 2.27. The first kappa shape index (κ1) is 11.5. The minimum atomic E-state index is -0.332. The zero-order chi connectivity index (χ0) is 11.7. The van der Waals surface area contributed by atoms with E-state index in [1.807, 2.05) is 6.92 Å². The molecule has 0 N–H and O–H groups in total. The summed E-state index contributed by atoms with van der Waals surface area (Å²) in [4.78, 5) is 7.88. The summed E-state index contributed by atoms with van der Waals surface area (Å²) in [7, 11) is 0. The van der Waals surface area contributed by atoms with Crippen molar-refractivity contribution in [1.82, 2.24) is 9.97 Å². The summed E-state index contributed by atoms with van der Waals surface area (Å²) in [5, 5.41) is 0.111. The Labute approximate surface area is 106 Å². The zero-order valence-electron chi connectivity index (χ0n) is 8.34. The SMILES string of the molecule is Cc1cnc(Cl)nc1-c1cc(Br)ccc1F. The van der Waals surface area contributed by atoms with Gasteiger partial charge in [-0.1, -0.05) is 15.9 Å². The first-order valence-corrected chi connectivity index (χ1v) is 5.69. The van der Waals surface area contributed by atoms with Gasteiger partial charge in [-0.2, -0.15) is 0 Å². The molecule has 0 amide bonds. The lowest BCUT2D eigenvalue weighted by Crippen LogP contribution is -1.94. The van der Waals surface area contributed by atoms with E-state index in [0.29, 0.717) is 11.3 Å². The van der Waals surface area contributed by atoms with Crippen molar-refractivity contribution in [2.45, 2.75) is 6.92 Å². The number of aromatic nitrogens is 2. The average Bonchev–Trinajstić information content (AvgIpc) is 2.25. The van der Waals surface area contributed by atoms with Crippen LogP contribution in [0.2, 0.25) is 5.28 Å². The maximum Gasteiger partial charge on any atom is 0.222 e. The summed E-state index contributed by atoms with van der Waals surface area (Å²) in [6.45, 7) is 1.81. The third kappa shape index (κ3) is 2.23. The molecule has 82 valence electrons. The van der Waals surface area contributed by atoms with E-state index in [4.69, 9.17) is 11.6 Å². The second-order valence-corrected chi connectivity index (χ2v) is 4.55. The van der Waals surface area contributed by atoms with Gasteiger partial charge in [0.25, 0.3) is 0 Å². The molecule has 0 aliphatic carbocycles. The highest BCUT2D eigenvalue weighted by Gasteiger charge is 2.11. The van der Waals surface area contributed by atoms with E-state index in [-0.39, 0.29) is 11.1 Å². The molecule has 0 fully saturated rings. The van der Waals surface area contributed by atoms with Gasteiger partial charge in [0.15, 0.2) is 0 Å². The molecule has 0 aliphatic rings. The largest absolute Gasteiger partial charge is 0.226 e. The van der Waals surface area contributed by atoms with Crippen LogP contribution in [0.25, 0.3) is 11.3 Å². The van der Waals surface area contributed by atoms with E-state index in [0.717, 1.165) is 10.0 Å². The molecule has 0 radical (unpaired) electrons. The molecule has 16 heavy (non-hydrogen) atoms. The van der Waals surface area contributed by atoms with E-state index >= 15 is 0 Å². The van der Waals surface area contributed by atoms with Gasteiger partial charge in [-0.05, 0) is 42.3 Å². The van der Waals surface area contributed by atoms with Crippen LogP contribution in [0.15, 0.2) is 28.9 Å². The first-order chi connectivity index (χ1) is 7.58. The minimum absolute atomic E-state index is 0.111. The molecule has 1 aromatic carbocycles. The summed E-state index contributed by atoms with van der Waals surface area (Å²) in [5.41, 5.74) is 1.70. The van der Waals surface area contributed by atoms with Crippen molar-refractivity contribution >= 4 is 27.5 Å². The van der Waals surface area contributed by atoms with Crippen molar-refractivity contribution in [3.05, 3.63) is 45.5 Å². The predicted octanol–water partition coefficient (Wildman–Crippen LogP) is 4.01. The number of hydrogen-bond donors (Lipinski definition) is 0. The summed E-state index contributed by atoms with van der Waals surface area (Å²) in [6, 6.07) is 4.69. The van der Waals surface area contributed by atoms with E-state index < -0.39 is 0 Å². The Bertz CT molecular complexity index is 496.